The third-order valence-electron chi connectivity index (χ3n) is 5.92. The Balaban J connectivity index is 1.79. The Morgan fingerprint density at radius 2 is 1.65 bits per heavy atom. The highest BCUT2D eigenvalue weighted by Gasteiger charge is 2.58. The summed E-state index contributed by atoms with van der Waals surface area (Å²) in [4.78, 5) is 18.8. The molecule has 11 heteroatoms. The number of hydrogen-bond acceptors (Lipinski definition) is 5. The molecule has 4 unspecified atom stereocenters. The predicted molar refractivity (Wildman–Crippen MR) is 131 cm³/mol. The van der Waals surface area contributed by atoms with Crippen LogP contribution in [0, 0.1) is 23.3 Å². The molecule has 0 fully saturated rings. The van der Waals surface area contributed by atoms with Crippen LogP contribution in [0.3, 0.4) is 0 Å². The molecule has 4 rings (SSSR count). The number of ether oxygens (including phenoxy) is 1. The highest BCUT2D eigenvalue weighted by molar-refractivity contribution is 9.10. The predicted octanol–water partition coefficient (Wildman–Crippen LogP) is 4.78. The molecule has 1 aliphatic heterocycles. The molecule has 0 bridgehead atoms. The summed E-state index contributed by atoms with van der Waals surface area (Å²) in [5.41, 5.74) is -0.565. The minimum Gasteiger partial charge on any atom is -0.474 e. The second-order valence-electron chi connectivity index (χ2n) is 8.35. The second kappa shape index (κ2) is 10.6. The molecule has 0 aromatic heterocycles. The number of anilines is 1. The fourth-order valence-electron chi connectivity index (χ4n) is 4.00. The summed E-state index contributed by atoms with van der Waals surface area (Å²) in [6, 6.07) is 13.7. The van der Waals surface area contributed by atoms with Crippen molar-refractivity contribution < 1.29 is 37.3 Å². The van der Waals surface area contributed by atoms with Gasteiger partial charge in [0.25, 0.3) is 5.91 Å². The van der Waals surface area contributed by atoms with Crippen molar-refractivity contribution in [2.75, 3.05) is 4.90 Å². The highest BCUT2D eigenvalue weighted by atomic mass is 79.9. The number of aliphatic hydroxyl groups excluding tert-OH is 2. The Hall–Kier alpha value is -3.28. The third kappa shape index (κ3) is 4.98. The molecular weight excluding hydrogens is 560 g/mol. The quantitative estimate of drug-likeness (QED) is 0.325. The van der Waals surface area contributed by atoms with E-state index in [1.807, 2.05) is 0 Å². The van der Waals surface area contributed by atoms with E-state index in [2.05, 4.69) is 20.9 Å². The fourth-order valence-corrected chi connectivity index (χ4v) is 4.65. The van der Waals surface area contributed by atoms with Gasteiger partial charge in [-0.25, -0.2) is 22.6 Å². The van der Waals surface area contributed by atoms with Gasteiger partial charge in [-0.3, -0.25) is 9.69 Å². The molecule has 1 heterocycles. The molecule has 3 aromatic carbocycles. The maximum atomic E-state index is 14.7. The zero-order chi connectivity index (χ0) is 26.9. The lowest BCUT2D eigenvalue weighted by molar-refractivity contribution is -0.125. The Labute approximate surface area is 218 Å². The van der Waals surface area contributed by atoms with Crippen LogP contribution in [0.4, 0.5) is 23.2 Å². The van der Waals surface area contributed by atoms with Gasteiger partial charge in [0.15, 0.2) is 0 Å². The van der Waals surface area contributed by atoms with Crippen LogP contribution >= 0.6 is 15.9 Å². The first-order chi connectivity index (χ1) is 17.6. The number of carbonyl (C=O) groups is 1. The number of alkyl halides is 1. The molecular formula is C26H21BrF4N2O4. The molecule has 0 spiro atoms. The van der Waals surface area contributed by atoms with Crippen molar-refractivity contribution in [1.29, 1.82) is 0 Å². The molecule has 194 valence electrons. The van der Waals surface area contributed by atoms with E-state index in [-0.39, 0.29) is 11.1 Å². The van der Waals surface area contributed by atoms with E-state index in [0.717, 1.165) is 30.3 Å². The molecule has 0 aliphatic carbocycles. The standard InChI is InChI=1S/C26H21BrF4N2O4/c1-14-32-24(37-13-16-10-11-17(28)12-20(16)31)26(27,23(35)22(34)15-6-3-2-4-7-15)25(36)33(14)21-18(29)8-5-9-19(21)30/h2-12,14,22-23,34-35H,13H2,1H3. The fraction of sp³-hybridized carbons (Fsp3) is 0.231. The van der Waals surface area contributed by atoms with E-state index in [9.17, 15) is 32.6 Å². The molecule has 0 radical (unpaired) electrons. The summed E-state index contributed by atoms with van der Waals surface area (Å²) in [6.45, 7) is 0.832. The van der Waals surface area contributed by atoms with Crippen LogP contribution in [-0.4, -0.2) is 38.6 Å². The highest BCUT2D eigenvalue weighted by Crippen LogP contribution is 2.41. The molecule has 1 aliphatic rings. The molecule has 1 amide bonds. The summed E-state index contributed by atoms with van der Waals surface area (Å²) in [7, 11) is 0. The van der Waals surface area contributed by atoms with Gasteiger partial charge in [0.1, 0.15) is 53.9 Å². The van der Waals surface area contributed by atoms with Crippen LogP contribution in [-0.2, 0) is 16.1 Å². The van der Waals surface area contributed by atoms with E-state index in [1.165, 1.54) is 19.1 Å². The van der Waals surface area contributed by atoms with Gasteiger partial charge in [-0.15, -0.1) is 0 Å². The first-order valence-corrected chi connectivity index (χ1v) is 11.9. The number of aliphatic imine (C=N–C) groups is 1. The molecule has 4 atom stereocenters. The number of halogens is 5. The summed E-state index contributed by atoms with van der Waals surface area (Å²) in [6.07, 6.45) is -4.88. The van der Waals surface area contributed by atoms with Gasteiger partial charge in [0, 0.05) is 11.6 Å². The maximum Gasteiger partial charge on any atom is 0.258 e. The van der Waals surface area contributed by atoms with Crippen molar-refractivity contribution in [3.8, 4) is 0 Å². The number of nitrogens with zero attached hydrogens (tertiary/aromatic N) is 2. The van der Waals surface area contributed by atoms with E-state index in [0.29, 0.717) is 11.0 Å². The largest absolute Gasteiger partial charge is 0.474 e. The monoisotopic (exact) mass is 580 g/mol. The Morgan fingerprint density at radius 1 is 1.00 bits per heavy atom. The van der Waals surface area contributed by atoms with Crippen molar-refractivity contribution in [2.24, 2.45) is 4.99 Å². The zero-order valence-electron chi connectivity index (χ0n) is 19.3. The number of hydrogen-bond donors (Lipinski definition) is 2. The van der Waals surface area contributed by atoms with Gasteiger partial charge in [0.2, 0.25) is 10.2 Å². The van der Waals surface area contributed by atoms with Gasteiger partial charge in [-0.2, -0.15) is 0 Å². The Morgan fingerprint density at radius 3 is 2.27 bits per heavy atom. The van der Waals surface area contributed by atoms with Crippen LogP contribution in [0.25, 0.3) is 0 Å². The van der Waals surface area contributed by atoms with Crippen molar-refractivity contribution in [1.82, 2.24) is 0 Å². The maximum absolute atomic E-state index is 14.7. The van der Waals surface area contributed by atoms with Crippen molar-refractivity contribution >= 4 is 33.4 Å². The lowest BCUT2D eigenvalue weighted by Gasteiger charge is -2.43. The van der Waals surface area contributed by atoms with Gasteiger partial charge < -0.3 is 14.9 Å². The minimum atomic E-state index is -2.35. The lowest BCUT2D eigenvalue weighted by Crippen LogP contribution is -2.64. The summed E-state index contributed by atoms with van der Waals surface area (Å²) >= 11 is 3.15. The zero-order valence-corrected chi connectivity index (χ0v) is 20.9. The lowest BCUT2D eigenvalue weighted by atomic mass is 9.90. The van der Waals surface area contributed by atoms with Crippen LogP contribution in [0.15, 0.2) is 71.7 Å². The minimum absolute atomic E-state index is 0.0836. The Kier molecular flexibility index (Phi) is 7.67. The van der Waals surface area contributed by atoms with Crippen LogP contribution in [0.1, 0.15) is 24.2 Å². The van der Waals surface area contributed by atoms with Crippen molar-refractivity contribution in [3.63, 3.8) is 0 Å². The average Bonchev–Trinajstić information content (AvgIpc) is 2.87. The van der Waals surface area contributed by atoms with Crippen molar-refractivity contribution in [2.45, 2.75) is 36.2 Å². The SMILES string of the molecule is CC1N=C(OCc2ccc(F)cc2F)C(Br)(C(O)C(O)c2ccccc2)C(=O)N1c1c(F)cccc1F. The molecule has 0 saturated carbocycles. The number of rotatable bonds is 6. The number of carbonyl (C=O) groups excluding carboxylic acids is 1. The molecule has 37 heavy (non-hydrogen) atoms. The summed E-state index contributed by atoms with van der Waals surface area (Å²) in [5, 5.41) is 22.2. The molecule has 3 aromatic rings. The number of para-hydroxylation sites is 1. The van der Waals surface area contributed by atoms with Crippen molar-refractivity contribution in [3.05, 3.63) is 101 Å². The molecule has 2 N–H and O–H groups in total. The molecule has 0 saturated heterocycles. The number of amides is 1. The number of benzene rings is 3. The average molecular weight is 581 g/mol. The van der Waals surface area contributed by atoms with Gasteiger partial charge >= 0.3 is 0 Å². The van der Waals surface area contributed by atoms with Gasteiger partial charge in [0.05, 0.1) is 0 Å². The second-order valence-corrected chi connectivity index (χ2v) is 9.60. The van der Waals surface area contributed by atoms with E-state index in [1.54, 1.807) is 18.2 Å². The molecule has 6 nitrogen and oxygen atoms in total. The van der Waals surface area contributed by atoms with E-state index >= 15 is 0 Å². The first-order valence-electron chi connectivity index (χ1n) is 11.1. The number of aliphatic hydroxyl groups is 2. The van der Waals surface area contributed by atoms with Gasteiger partial charge in [-0.05, 0) is 36.8 Å². The van der Waals surface area contributed by atoms with Gasteiger partial charge in [-0.1, -0.05) is 52.3 Å². The van der Waals surface area contributed by atoms with E-state index in [4.69, 9.17) is 4.74 Å². The summed E-state index contributed by atoms with van der Waals surface area (Å²) in [5.74, 6) is -5.39. The smallest absolute Gasteiger partial charge is 0.258 e. The van der Waals surface area contributed by atoms with E-state index < -0.39 is 70.1 Å². The first kappa shape index (κ1) is 26.8. The summed E-state index contributed by atoms with van der Waals surface area (Å²) < 4.78 is 60.2. The third-order valence-corrected chi connectivity index (χ3v) is 7.07. The van der Waals surface area contributed by atoms with Crippen LogP contribution in [0.2, 0.25) is 0 Å². The topological polar surface area (TPSA) is 82.4 Å². The normalized spacial score (nSPS) is 21.4. The Bertz CT molecular complexity index is 1320. The van der Waals surface area contributed by atoms with Crippen LogP contribution in [0.5, 0.6) is 0 Å². The van der Waals surface area contributed by atoms with Crippen LogP contribution < -0.4 is 4.90 Å².